The second-order valence-corrected chi connectivity index (χ2v) is 4.05. The molecule has 0 aliphatic heterocycles. The molecule has 0 saturated carbocycles. The lowest BCUT2D eigenvalue weighted by molar-refractivity contribution is -0.147. The Morgan fingerprint density at radius 1 is 1.24 bits per heavy atom. The summed E-state index contributed by atoms with van der Waals surface area (Å²) in [4.78, 5) is 22.9. The van der Waals surface area contributed by atoms with Crippen molar-refractivity contribution in [1.29, 1.82) is 0 Å². The number of hydrogen-bond donors (Lipinski definition) is 1. The molecule has 5 heteroatoms. The zero-order valence-electron chi connectivity index (χ0n) is 10.1. The number of rotatable bonds is 5. The molecule has 1 aliphatic rings. The number of ether oxygens (including phenoxy) is 2. The van der Waals surface area contributed by atoms with Crippen molar-refractivity contribution in [3.05, 3.63) is 12.2 Å². The first-order chi connectivity index (χ1) is 8.13. The molecule has 0 fully saturated rings. The molecule has 0 spiro atoms. The molecule has 1 N–H and O–H groups in total. The minimum absolute atomic E-state index is 0.0169. The highest BCUT2D eigenvalue weighted by molar-refractivity contribution is 5.77. The first-order valence-corrected chi connectivity index (χ1v) is 5.57. The van der Waals surface area contributed by atoms with Crippen molar-refractivity contribution >= 4 is 11.9 Å². The highest BCUT2D eigenvalue weighted by Crippen LogP contribution is 2.36. The number of aliphatic hydroxyl groups excluding tert-OH is 1. The molecule has 0 aromatic rings. The highest BCUT2D eigenvalue weighted by Gasteiger charge is 2.37. The van der Waals surface area contributed by atoms with Crippen LogP contribution in [0.5, 0.6) is 0 Å². The number of allylic oxidation sites excluding steroid dienone is 1. The molecule has 3 atom stereocenters. The van der Waals surface area contributed by atoms with Crippen LogP contribution in [0.25, 0.3) is 0 Å². The van der Waals surface area contributed by atoms with Gasteiger partial charge in [-0.3, -0.25) is 9.59 Å². The Hall–Kier alpha value is -1.36. The number of carbonyl (C=O) groups excluding carboxylic acids is 2. The molecule has 17 heavy (non-hydrogen) atoms. The standard InChI is InChI=1S/C12H18O5/c1-16-11(14)7-10-8(5-6-13)3-4-9(10)12(15)17-2/h3-4,8-10,13H,5-7H2,1-2H3/t8-,9-,10+/m1/s1. The van der Waals surface area contributed by atoms with Gasteiger partial charge < -0.3 is 14.6 Å². The molecule has 1 rings (SSSR count). The van der Waals surface area contributed by atoms with E-state index in [1.165, 1.54) is 14.2 Å². The van der Waals surface area contributed by atoms with Gasteiger partial charge in [0.15, 0.2) is 0 Å². The minimum atomic E-state index is -0.421. The van der Waals surface area contributed by atoms with Crippen molar-refractivity contribution in [3.63, 3.8) is 0 Å². The van der Waals surface area contributed by atoms with E-state index in [9.17, 15) is 9.59 Å². The fourth-order valence-corrected chi connectivity index (χ4v) is 2.22. The van der Waals surface area contributed by atoms with E-state index in [1.807, 2.05) is 6.08 Å². The third-order valence-corrected chi connectivity index (χ3v) is 3.14. The normalized spacial score (nSPS) is 26.9. The van der Waals surface area contributed by atoms with Crippen molar-refractivity contribution < 1.29 is 24.2 Å². The third kappa shape index (κ3) is 3.30. The molecule has 96 valence electrons. The van der Waals surface area contributed by atoms with Gasteiger partial charge in [-0.2, -0.15) is 0 Å². The monoisotopic (exact) mass is 242 g/mol. The fourth-order valence-electron chi connectivity index (χ4n) is 2.22. The van der Waals surface area contributed by atoms with Gasteiger partial charge in [-0.05, 0) is 18.3 Å². The van der Waals surface area contributed by atoms with Crippen LogP contribution in [0, 0.1) is 17.8 Å². The number of aliphatic hydroxyl groups is 1. The molecule has 0 aromatic heterocycles. The summed E-state index contributed by atoms with van der Waals surface area (Å²) in [5, 5.41) is 8.95. The summed E-state index contributed by atoms with van der Waals surface area (Å²) >= 11 is 0. The van der Waals surface area contributed by atoms with Crippen LogP contribution >= 0.6 is 0 Å². The number of hydrogen-bond acceptors (Lipinski definition) is 5. The van der Waals surface area contributed by atoms with Gasteiger partial charge in [-0.1, -0.05) is 12.2 Å². The minimum Gasteiger partial charge on any atom is -0.469 e. The Balaban J connectivity index is 2.74. The van der Waals surface area contributed by atoms with Crippen LogP contribution in [-0.2, 0) is 19.1 Å². The van der Waals surface area contributed by atoms with Gasteiger partial charge in [0.05, 0.1) is 26.6 Å². The molecule has 5 nitrogen and oxygen atoms in total. The van der Waals surface area contributed by atoms with Crippen LogP contribution in [0.15, 0.2) is 12.2 Å². The molecule has 0 heterocycles. The molecule has 0 amide bonds. The van der Waals surface area contributed by atoms with E-state index < -0.39 is 5.92 Å². The Bertz CT molecular complexity index is 310. The van der Waals surface area contributed by atoms with Gasteiger partial charge in [0.1, 0.15) is 0 Å². The van der Waals surface area contributed by atoms with E-state index in [0.717, 1.165) is 0 Å². The molecular formula is C12H18O5. The van der Waals surface area contributed by atoms with Crippen molar-refractivity contribution in [2.45, 2.75) is 12.8 Å². The molecule has 0 aromatic carbocycles. The lowest BCUT2D eigenvalue weighted by Crippen LogP contribution is -2.27. The number of methoxy groups -OCH3 is 2. The average molecular weight is 242 g/mol. The van der Waals surface area contributed by atoms with Gasteiger partial charge >= 0.3 is 11.9 Å². The maximum absolute atomic E-state index is 11.6. The predicted molar refractivity (Wildman–Crippen MR) is 60.0 cm³/mol. The zero-order chi connectivity index (χ0) is 12.8. The van der Waals surface area contributed by atoms with E-state index in [0.29, 0.717) is 6.42 Å². The molecule has 0 bridgehead atoms. The summed E-state index contributed by atoms with van der Waals surface area (Å²) in [5.41, 5.74) is 0. The van der Waals surface area contributed by atoms with Gasteiger partial charge in [-0.15, -0.1) is 0 Å². The van der Waals surface area contributed by atoms with E-state index in [4.69, 9.17) is 9.84 Å². The van der Waals surface area contributed by atoms with Gasteiger partial charge in [0, 0.05) is 6.61 Å². The van der Waals surface area contributed by atoms with E-state index in [2.05, 4.69) is 4.74 Å². The number of carbonyl (C=O) groups is 2. The van der Waals surface area contributed by atoms with Crippen LogP contribution in [0.2, 0.25) is 0 Å². The summed E-state index contributed by atoms with van der Waals surface area (Å²) < 4.78 is 9.32. The summed E-state index contributed by atoms with van der Waals surface area (Å²) in [7, 11) is 2.64. The quantitative estimate of drug-likeness (QED) is 0.562. The van der Waals surface area contributed by atoms with E-state index in [-0.39, 0.29) is 36.8 Å². The topological polar surface area (TPSA) is 72.8 Å². The smallest absolute Gasteiger partial charge is 0.312 e. The van der Waals surface area contributed by atoms with E-state index in [1.54, 1.807) is 6.08 Å². The highest BCUT2D eigenvalue weighted by atomic mass is 16.5. The van der Waals surface area contributed by atoms with Crippen LogP contribution < -0.4 is 0 Å². The maximum atomic E-state index is 11.6. The molecule has 0 saturated heterocycles. The third-order valence-electron chi connectivity index (χ3n) is 3.14. The fraction of sp³-hybridized carbons (Fsp3) is 0.667. The van der Waals surface area contributed by atoms with Crippen molar-refractivity contribution in [2.24, 2.45) is 17.8 Å². The zero-order valence-corrected chi connectivity index (χ0v) is 10.1. The first kappa shape index (κ1) is 13.7. The Kier molecular flexibility index (Phi) is 5.15. The summed E-state index contributed by atoms with van der Waals surface area (Å²) in [5.74, 6) is -1.29. The Morgan fingerprint density at radius 3 is 2.47 bits per heavy atom. The van der Waals surface area contributed by atoms with E-state index >= 15 is 0 Å². The first-order valence-electron chi connectivity index (χ1n) is 5.57. The van der Waals surface area contributed by atoms with Gasteiger partial charge in [0.25, 0.3) is 0 Å². The summed E-state index contributed by atoms with van der Waals surface area (Å²) in [6.07, 6.45) is 4.31. The van der Waals surface area contributed by atoms with Crippen LogP contribution in [0.3, 0.4) is 0 Å². The molecule has 1 aliphatic carbocycles. The second kappa shape index (κ2) is 6.39. The Labute approximate surface area is 100 Å². The Morgan fingerprint density at radius 2 is 1.94 bits per heavy atom. The predicted octanol–water partition coefficient (Wildman–Crippen LogP) is 0.523. The number of esters is 2. The average Bonchev–Trinajstić information content (AvgIpc) is 2.72. The lowest BCUT2D eigenvalue weighted by Gasteiger charge is -2.22. The molecule has 0 unspecified atom stereocenters. The second-order valence-electron chi connectivity index (χ2n) is 4.05. The van der Waals surface area contributed by atoms with Crippen molar-refractivity contribution in [3.8, 4) is 0 Å². The summed E-state index contributed by atoms with van der Waals surface area (Å²) in [6.45, 7) is 0.0283. The largest absolute Gasteiger partial charge is 0.469 e. The van der Waals surface area contributed by atoms with Crippen LogP contribution in [-0.4, -0.2) is 37.9 Å². The molecule has 0 radical (unpaired) electrons. The van der Waals surface area contributed by atoms with Gasteiger partial charge in [0.2, 0.25) is 0 Å². The SMILES string of the molecule is COC(=O)C[C@H]1[C@@H](CCO)C=C[C@H]1C(=O)OC. The summed E-state index contributed by atoms with van der Waals surface area (Å²) in [6, 6.07) is 0. The maximum Gasteiger partial charge on any atom is 0.312 e. The van der Waals surface area contributed by atoms with Crippen LogP contribution in [0.4, 0.5) is 0 Å². The van der Waals surface area contributed by atoms with Crippen molar-refractivity contribution in [1.82, 2.24) is 0 Å². The van der Waals surface area contributed by atoms with Gasteiger partial charge in [-0.25, -0.2) is 0 Å². The molecular weight excluding hydrogens is 224 g/mol. The van der Waals surface area contributed by atoms with Crippen LogP contribution in [0.1, 0.15) is 12.8 Å². The van der Waals surface area contributed by atoms with Crippen molar-refractivity contribution in [2.75, 3.05) is 20.8 Å². The lowest BCUT2D eigenvalue weighted by atomic mass is 9.84.